The first-order valence-electron chi connectivity index (χ1n) is 15.7. The quantitative estimate of drug-likeness (QED) is 0.0956. The second kappa shape index (κ2) is 20.7. The lowest BCUT2D eigenvalue weighted by Crippen LogP contribution is -2.22. The number of allylic oxidation sites excluding steroid dienone is 5. The molecule has 1 aromatic heterocycles. The first kappa shape index (κ1) is 35.0. The molecule has 0 bridgehead atoms. The van der Waals surface area contributed by atoms with Gasteiger partial charge in [-0.3, -0.25) is 9.98 Å². The van der Waals surface area contributed by atoms with Gasteiger partial charge in [-0.2, -0.15) is 0 Å². The van der Waals surface area contributed by atoms with Crippen molar-refractivity contribution < 1.29 is 0 Å². The molecule has 0 radical (unpaired) electrons. The summed E-state index contributed by atoms with van der Waals surface area (Å²) in [6.45, 7) is 19.7. The molecule has 1 atom stereocenters. The van der Waals surface area contributed by atoms with E-state index < -0.39 is 0 Å². The predicted octanol–water partition coefficient (Wildman–Crippen LogP) is 9.38. The molecule has 4 nitrogen and oxygen atoms in total. The number of benzene rings is 2. The molecule has 228 valence electrons. The van der Waals surface area contributed by atoms with Gasteiger partial charge in [-0.1, -0.05) is 101 Å². The molecule has 0 saturated carbocycles. The molecular formula is C39H52N4. The lowest BCUT2D eigenvalue weighted by molar-refractivity contribution is 0.563. The third-order valence-corrected chi connectivity index (χ3v) is 7.34. The van der Waals surface area contributed by atoms with Gasteiger partial charge in [0.2, 0.25) is 0 Å². The van der Waals surface area contributed by atoms with Gasteiger partial charge in [0.05, 0.1) is 0 Å². The fourth-order valence-electron chi connectivity index (χ4n) is 4.71. The van der Waals surface area contributed by atoms with E-state index in [1.165, 1.54) is 22.4 Å². The summed E-state index contributed by atoms with van der Waals surface area (Å²) in [6.07, 6.45) is 14.4. The van der Waals surface area contributed by atoms with Gasteiger partial charge in [0.1, 0.15) is 0 Å². The van der Waals surface area contributed by atoms with Gasteiger partial charge in [0.15, 0.2) is 0 Å². The summed E-state index contributed by atoms with van der Waals surface area (Å²) < 4.78 is 0. The van der Waals surface area contributed by atoms with E-state index in [4.69, 9.17) is 4.99 Å². The zero-order valence-electron chi connectivity index (χ0n) is 27.1. The topological polar surface area (TPSA) is 49.3 Å². The Bertz CT molecular complexity index is 1320. The molecule has 0 aliphatic carbocycles. The normalized spacial score (nSPS) is 12.8. The van der Waals surface area contributed by atoms with E-state index in [2.05, 4.69) is 116 Å². The molecule has 1 unspecified atom stereocenters. The summed E-state index contributed by atoms with van der Waals surface area (Å²) in [7, 11) is 0. The molecule has 4 heteroatoms. The van der Waals surface area contributed by atoms with Crippen molar-refractivity contribution in [3.05, 3.63) is 150 Å². The van der Waals surface area contributed by atoms with Crippen LogP contribution in [-0.2, 0) is 19.4 Å². The SMILES string of the molecule is C=CNCCC(CCc1cccc(Cc2ccccc2)c1)C(/C=C(\CC)NCc1cccnc1)=N/C(C)=C(\C)C=C.CC. The molecule has 0 aliphatic heterocycles. The van der Waals surface area contributed by atoms with Crippen molar-refractivity contribution in [3.63, 3.8) is 0 Å². The minimum Gasteiger partial charge on any atom is -0.391 e. The maximum Gasteiger partial charge on any atom is 0.0455 e. The van der Waals surface area contributed by atoms with Crippen LogP contribution in [0.2, 0.25) is 0 Å². The van der Waals surface area contributed by atoms with Crippen LogP contribution in [0.15, 0.2) is 133 Å². The van der Waals surface area contributed by atoms with Crippen molar-refractivity contribution in [2.75, 3.05) is 6.54 Å². The molecule has 0 spiro atoms. The average molecular weight is 577 g/mol. The van der Waals surface area contributed by atoms with Crippen molar-refractivity contribution in [1.29, 1.82) is 0 Å². The first-order chi connectivity index (χ1) is 21.0. The smallest absolute Gasteiger partial charge is 0.0455 e. The second-order valence-electron chi connectivity index (χ2n) is 10.4. The summed E-state index contributed by atoms with van der Waals surface area (Å²) in [4.78, 5) is 9.45. The maximum atomic E-state index is 5.20. The Morgan fingerprint density at radius 3 is 2.30 bits per heavy atom. The van der Waals surface area contributed by atoms with Crippen LogP contribution in [-0.4, -0.2) is 17.2 Å². The number of aliphatic imine (C=N–C) groups is 1. The molecule has 2 aromatic carbocycles. The van der Waals surface area contributed by atoms with Crippen molar-refractivity contribution >= 4 is 5.71 Å². The minimum atomic E-state index is 0.273. The Labute approximate surface area is 261 Å². The van der Waals surface area contributed by atoms with Crippen molar-refractivity contribution in [2.45, 2.75) is 73.3 Å². The highest BCUT2D eigenvalue weighted by molar-refractivity contribution is 5.98. The third-order valence-electron chi connectivity index (χ3n) is 7.34. The predicted molar refractivity (Wildman–Crippen MR) is 187 cm³/mol. The molecular weight excluding hydrogens is 524 g/mol. The van der Waals surface area contributed by atoms with E-state index >= 15 is 0 Å². The average Bonchev–Trinajstić information content (AvgIpc) is 3.05. The minimum absolute atomic E-state index is 0.273. The highest BCUT2D eigenvalue weighted by Crippen LogP contribution is 2.21. The molecule has 0 saturated heterocycles. The fraction of sp³-hybridized carbons (Fsp3) is 0.333. The maximum absolute atomic E-state index is 5.20. The van der Waals surface area contributed by atoms with E-state index in [0.717, 1.165) is 67.7 Å². The molecule has 2 N–H and O–H groups in total. The number of nitrogens with zero attached hydrogens (tertiary/aromatic N) is 2. The summed E-state index contributed by atoms with van der Waals surface area (Å²) in [5.74, 6) is 0.273. The molecule has 3 rings (SSSR count). The highest BCUT2D eigenvalue weighted by Gasteiger charge is 2.16. The van der Waals surface area contributed by atoms with E-state index in [9.17, 15) is 0 Å². The Morgan fingerprint density at radius 1 is 0.907 bits per heavy atom. The second-order valence-corrected chi connectivity index (χ2v) is 10.4. The van der Waals surface area contributed by atoms with Crippen LogP contribution in [0.4, 0.5) is 0 Å². The molecule has 0 aliphatic rings. The van der Waals surface area contributed by atoms with Crippen LogP contribution >= 0.6 is 0 Å². The van der Waals surface area contributed by atoms with Gasteiger partial charge >= 0.3 is 0 Å². The van der Waals surface area contributed by atoms with Gasteiger partial charge in [0, 0.05) is 48.5 Å². The lowest BCUT2D eigenvalue weighted by Gasteiger charge is -2.20. The molecule has 0 fully saturated rings. The number of nitrogens with one attached hydrogen (secondary N) is 2. The van der Waals surface area contributed by atoms with E-state index in [1.807, 2.05) is 32.2 Å². The zero-order valence-corrected chi connectivity index (χ0v) is 27.1. The standard InChI is InChI=1S/C37H46N4.C2H6/c1-6-29(4)30(5)41-37(26-36(7-2)40-28-34-18-13-22-39-27-34)35(21-23-38-8-3)20-19-32-16-12-17-33(25-32)24-31-14-10-9-11-15-31;1-2/h6,8-18,22,25-27,35,38,40H,1,3,7,19-21,23-24,28H2,2,4-5H3;1-2H3/b30-29+,36-26+,41-37+;. The van der Waals surface area contributed by atoms with E-state index in [-0.39, 0.29) is 5.92 Å². The van der Waals surface area contributed by atoms with Crippen molar-refractivity contribution in [3.8, 4) is 0 Å². The van der Waals surface area contributed by atoms with Crippen LogP contribution in [0.3, 0.4) is 0 Å². The van der Waals surface area contributed by atoms with Gasteiger partial charge in [-0.25, -0.2) is 0 Å². The van der Waals surface area contributed by atoms with Gasteiger partial charge in [-0.05, 0) is 92.1 Å². The largest absolute Gasteiger partial charge is 0.391 e. The Balaban J connectivity index is 0.00000316. The highest BCUT2D eigenvalue weighted by atomic mass is 14.9. The Morgan fingerprint density at radius 2 is 1.63 bits per heavy atom. The number of aromatic nitrogens is 1. The molecule has 43 heavy (non-hydrogen) atoms. The van der Waals surface area contributed by atoms with Gasteiger partial charge < -0.3 is 10.6 Å². The van der Waals surface area contributed by atoms with Crippen molar-refractivity contribution in [1.82, 2.24) is 15.6 Å². The monoisotopic (exact) mass is 576 g/mol. The summed E-state index contributed by atoms with van der Waals surface area (Å²) in [6, 6.07) is 23.8. The molecule has 1 heterocycles. The zero-order chi connectivity index (χ0) is 31.3. The van der Waals surface area contributed by atoms with Crippen LogP contribution in [0, 0.1) is 5.92 Å². The van der Waals surface area contributed by atoms with E-state index in [0.29, 0.717) is 0 Å². The van der Waals surface area contributed by atoms with E-state index in [1.54, 1.807) is 12.4 Å². The summed E-state index contributed by atoms with van der Waals surface area (Å²) in [5, 5.41) is 6.94. The molecule has 3 aromatic rings. The Hall–Kier alpha value is -4.18. The lowest BCUT2D eigenvalue weighted by atomic mass is 9.90. The summed E-state index contributed by atoms with van der Waals surface area (Å²) >= 11 is 0. The van der Waals surface area contributed by atoms with Crippen LogP contribution < -0.4 is 10.6 Å². The number of hydrogen-bond acceptors (Lipinski definition) is 4. The van der Waals surface area contributed by atoms with Crippen LogP contribution in [0.25, 0.3) is 0 Å². The summed E-state index contributed by atoms with van der Waals surface area (Å²) in [5.41, 5.74) is 9.57. The third kappa shape index (κ3) is 13.1. The number of pyridine rings is 1. The number of hydrogen-bond donors (Lipinski definition) is 2. The molecule has 0 amide bonds. The van der Waals surface area contributed by atoms with Gasteiger partial charge in [-0.15, -0.1) is 0 Å². The van der Waals surface area contributed by atoms with Crippen LogP contribution in [0.5, 0.6) is 0 Å². The van der Waals surface area contributed by atoms with Crippen LogP contribution in [0.1, 0.15) is 76.1 Å². The van der Waals surface area contributed by atoms with Crippen molar-refractivity contribution in [2.24, 2.45) is 10.9 Å². The van der Waals surface area contributed by atoms with Gasteiger partial charge in [0.25, 0.3) is 0 Å². The fourth-order valence-corrected chi connectivity index (χ4v) is 4.71. The first-order valence-corrected chi connectivity index (χ1v) is 15.7. The number of rotatable bonds is 17. The Kier molecular flexibility index (Phi) is 16.8. The number of aryl methyl sites for hydroxylation is 1.